The normalized spacial score (nSPS) is 12.1. The molecule has 2 atom stereocenters. The lowest BCUT2D eigenvalue weighted by Crippen LogP contribution is -2.41. The molecule has 8 nitrogen and oxygen atoms in total. The number of carbonyl (C=O) groups excluding carboxylic acids is 3. The molecular weight excluding hydrogens is 592 g/mol. The second kappa shape index (κ2) is 15.0. The summed E-state index contributed by atoms with van der Waals surface area (Å²) in [6, 6.07) is 37.1. The fourth-order valence-corrected chi connectivity index (χ4v) is 5.43. The summed E-state index contributed by atoms with van der Waals surface area (Å²) in [5.74, 6) is -2.27. The van der Waals surface area contributed by atoms with Gasteiger partial charge < -0.3 is 19.5 Å². The van der Waals surface area contributed by atoms with Crippen LogP contribution in [0.1, 0.15) is 48.3 Å². The van der Waals surface area contributed by atoms with Crippen molar-refractivity contribution in [3.8, 4) is 33.8 Å². The molecule has 0 spiro atoms. The molecular formula is C39H36N2O6. The van der Waals surface area contributed by atoms with E-state index in [4.69, 9.17) is 14.2 Å². The van der Waals surface area contributed by atoms with E-state index in [0.717, 1.165) is 33.4 Å². The minimum Gasteiger partial charge on any atom is -0.493 e. The Hall–Kier alpha value is -5.76. The molecule has 238 valence electrons. The predicted octanol–water partition coefficient (Wildman–Crippen LogP) is 7.23. The van der Waals surface area contributed by atoms with Crippen LogP contribution in [0.15, 0.2) is 121 Å². The first-order valence-electron chi connectivity index (χ1n) is 15.3. The molecule has 47 heavy (non-hydrogen) atoms. The molecule has 5 rings (SSSR count). The molecule has 0 bridgehead atoms. The Labute approximate surface area is 274 Å². The van der Waals surface area contributed by atoms with Crippen molar-refractivity contribution in [2.24, 2.45) is 0 Å². The van der Waals surface area contributed by atoms with Crippen molar-refractivity contribution in [3.05, 3.63) is 138 Å². The highest BCUT2D eigenvalue weighted by atomic mass is 16.6. The summed E-state index contributed by atoms with van der Waals surface area (Å²) in [6.07, 6.45) is 0.751. The zero-order valence-electron chi connectivity index (χ0n) is 26.7. The zero-order chi connectivity index (χ0) is 33.3. The Morgan fingerprint density at radius 2 is 1.17 bits per heavy atom. The number of hydrogen-bond donors (Lipinski definition) is 1. The van der Waals surface area contributed by atoms with E-state index in [1.165, 1.54) is 33.2 Å². The van der Waals surface area contributed by atoms with Crippen LogP contribution in [0.3, 0.4) is 0 Å². The molecule has 0 saturated carbocycles. The van der Waals surface area contributed by atoms with Crippen LogP contribution >= 0.6 is 0 Å². The predicted molar refractivity (Wildman–Crippen MR) is 180 cm³/mol. The maximum Gasteiger partial charge on any atom is 0.328 e. The first-order chi connectivity index (χ1) is 22.7. The van der Waals surface area contributed by atoms with Crippen molar-refractivity contribution in [2.45, 2.75) is 38.8 Å². The number of carbonyl (C=O) groups is 3. The average molecular weight is 629 g/mol. The van der Waals surface area contributed by atoms with Gasteiger partial charge in [0.15, 0.2) is 11.4 Å². The molecule has 5 aromatic rings. The van der Waals surface area contributed by atoms with Crippen molar-refractivity contribution in [2.75, 3.05) is 7.11 Å². The second-order valence-electron chi connectivity index (χ2n) is 11.1. The van der Waals surface area contributed by atoms with E-state index in [0.29, 0.717) is 0 Å². The molecule has 1 heterocycles. The summed E-state index contributed by atoms with van der Waals surface area (Å²) in [5, 5.41) is 2.61. The first kappa shape index (κ1) is 32.6. The third kappa shape index (κ3) is 7.91. The summed E-state index contributed by atoms with van der Waals surface area (Å²) in [5.41, 5.74) is 6.12. The van der Waals surface area contributed by atoms with Gasteiger partial charge in [0.2, 0.25) is 5.75 Å². The molecule has 1 N–H and O–H groups in total. The molecule has 0 saturated heterocycles. The number of benzene rings is 4. The fourth-order valence-electron chi connectivity index (χ4n) is 5.43. The third-order valence-corrected chi connectivity index (χ3v) is 7.78. The average Bonchev–Trinajstić information content (AvgIpc) is 3.09. The molecule has 0 aliphatic rings. The van der Waals surface area contributed by atoms with E-state index >= 15 is 0 Å². The van der Waals surface area contributed by atoms with Crippen LogP contribution in [0.2, 0.25) is 0 Å². The van der Waals surface area contributed by atoms with Gasteiger partial charge in [0, 0.05) is 25.1 Å². The molecule has 8 heteroatoms. The van der Waals surface area contributed by atoms with Gasteiger partial charge in [0.25, 0.3) is 5.91 Å². The quantitative estimate of drug-likeness (QED) is 0.154. The van der Waals surface area contributed by atoms with E-state index in [1.54, 1.807) is 0 Å². The van der Waals surface area contributed by atoms with Gasteiger partial charge in [0.1, 0.15) is 12.1 Å². The minimum absolute atomic E-state index is 0.133. The number of methoxy groups -OCH3 is 1. The van der Waals surface area contributed by atoms with Gasteiger partial charge in [-0.05, 0) is 47.2 Å². The molecule has 0 aliphatic heterocycles. The van der Waals surface area contributed by atoms with E-state index < -0.39 is 30.0 Å². The van der Waals surface area contributed by atoms with Gasteiger partial charge in [-0.15, -0.1) is 0 Å². The van der Waals surface area contributed by atoms with Gasteiger partial charge in [-0.2, -0.15) is 0 Å². The maximum absolute atomic E-state index is 13.4. The number of amides is 1. The van der Waals surface area contributed by atoms with Crippen LogP contribution in [0.4, 0.5) is 0 Å². The molecule has 1 aromatic heterocycles. The molecule has 0 unspecified atom stereocenters. The number of hydrogen-bond acceptors (Lipinski definition) is 7. The highest BCUT2D eigenvalue weighted by molar-refractivity contribution is 5.98. The summed E-state index contributed by atoms with van der Waals surface area (Å²) in [7, 11) is 1.38. The molecule has 0 aliphatic carbocycles. The van der Waals surface area contributed by atoms with Crippen LogP contribution in [0, 0.1) is 0 Å². The number of rotatable bonds is 11. The Bertz CT molecular complexity index is 1740. The number of esters is 2. The molecule has 1 amide bonds. The SMILES string of the molecule is COc1ccnc(C(=O)N[C@@H](C)C(=O)O[C@@H](C)C(c2ccc(-c3ccccc3)cc2)c2ccc(-c3ccccc3)cc2)c1OC(C)=O. The van der Waals surface area contributed by atoms with Gasteiger partial charge >= 0.3 is 11.9 Å². The van der Waals surface area contributed by atoms with Gasteiger partial charge in [0.05, 0.1) is 7.11 Å². The van der Waals surface area contributed by atoms with E-state index in [2.05, 4.69) is 83.1 Å². The van der Waals surface area contributed by atoms with Crippen molar-refractivity contribution in [3.63, 3.8) is 0 Å². The Balaban J connectivity index is 1.38. The lowest BCUT2D eigenvalue weighted by molar-refractivity contribution is -0.150. The Morgan fingerprint density at radius 3 is 1.64 bits per heavy atom. The second-order valence-corrected chi connectivity index (χ2v) is 11.1. The standard InChI is InChI=1S/C39H36N2O6/c1-25(41-38(43)36-37(47-27(3)42)34(45-4)23-24-40-36)39(44)46-26(2)35(32-19-15-30(16-20-32)28-11-7-5-8-12-28)33-21-17-31(18-22-33)29-13-9-6-10-14-29/h5-26,35H,1-4H3,(H,41,43)/t25-,26-/m0/s1. The van der Waals surface area contributed by atoms with Crippen LogP contribution in [-0.4, -0.2) is 42.1 Å². The summed E-state index contributed by atoms with van der Waals surface area (Å²) in [4.78, 5) is 42.3. The molecule has 4 aromatic carbocycles. The highest BCUT2D eigenvalue weighted by Gasteiger charge is 2.29. The lowest BCUT2D eigenvalue weighted by atomic mass is 9.85. The molecule has 0 fully saturated rings. The van der Waals surface area contributed by atoms with E-state index in [9.17, 15) is 14.4 Å². The van der Waals surface area contributed by atoms with Crippen LogP contribution in [0.5, 0.6) is 11.5 Å². The maximum atomic E-state index is 13.4. The van der Waals surface area contributed by atoms with Gasteiger partial charge in [-0.3, -0.25) is 9.59 Å². The number of pyridine rings is 1. The summed E-state index contributed by atoms with van der Waals surface area (Å²) in [6.45, 7) is 4.57. The number of nitrogens with zero attached hydrogens (tertiary/aromatic N) is 1. The lowest BCUT2D eigenvalue weighted by Gasteiger charge is -2.27. The number of nitrogens with one attached hydrogen (secondary N) is 1. The van der Waals surface area contributed by atoms with Crippen molar-refractivity contribution in [1.82, 2.24) is 10.3 Å². The third-order valence-electron chi connectivity index (χ3n) is 7.78. The Morgan fingerprint density at radius 1 is 0.681 bits per heavy atom. The first-order valence-corrected chi connectivity index (χ1v) is 15.3. The topological polar surface area (TPSA) is 104 Å². The van der Waals surface area contributed by atoms with E-state index in [1.807, 2.05) is 43.3 Å². The Kier molecular flexibility index (Phi) is 10.4. The minimum atomic E-state index is -1.04. The highest BCUT2D eigenvalue weighted by Crippen LogP contribution is 2.34. The summed E-state index contributed by atoms with van der Waals surface area (Å²) < 4.78 is 16.4. The van der Waals surface area contributed by atoms with Gasteiger partial charge in [-0.1, -0.05) is 109 Å². The summed E-state index contributed by atoms with van der Waals surface area (Å²) >= 11 is 0. The largest absolute Gasteiger partial charge is 0.493 e. The molecule has 0 radical (unpaired) electrons. The van der Waals surface area contributed by atoms with Crippen molar-refractivity contribution >= 4 is 17.8 Å². The van der Waals surface area contributed by atoms with Crippen molar-refractivity contribution < 1.29 is 28.6 Å². The number of aromatic nitrogens is 1. The van der Waals surface area contributed by atoms with Crippen molar-refractivity contribution in [1.29, 1.82) is 0 Å². The monoisotopic (exact) mass is 628 g/mol. The van der Waals surface area contributed by atoms with Crippen LogP contribution in [-0.2, 0) is 14.3 Å². The van der Waals surface area contributed by atoms with E-state index in [-0.39, 0.29) is 23.1 Å². The van der Waals surface area contributed by atoms with Crippen LogP contribution in [0.25, 0.3) is 22.3 Å². The number of ether oxygens (including phenoxy) is 3. The fraction of sp³-hybridized carbons (Fsp3) is 0.179. The van der Waals surface area contributed by atoms with Gasteiger partial charge in [-0.25, -0.2) is 9.78 Å². The smallest absolute Gasteiger partial charge is 0.328 e. The van der Waals surface area contributed by atoms with Crippen LogP contribution < -0.4 is 14.8 Å². The zero-order valence-corrected chi connectivity index (χ0v) is 26.7.